The minimum absolute atomic E-state index is 0.00626. The first-order valence-electron chi connectivity index (χ1n) is 6.87. The van der Waals surface area contributed by atoms with Gasteiger partial charge in [-0.1, -0.05) is 13.0 Å². The molecular weight excluding hydrogens is 275 g/mol. The third-order valence-corrected chi connectivity index (χ3v) is 2.90. The van der Waals surface area contributed by atoms with Crippen LogP contribution in [0.3, 0.4) is 0 Å². The molecule has 1 aromatic carbocycles. The molecule has 5 nitrogen and oxygen atoms in total. The summed E-state index contributed by atoms with van der Waals surface area (Å²) in [6.45, 7) is 4.13. The molecule has 0 aromatic heterocycles. The van der Waals surface area contributed by atoms with E-state index in [1.165, 1.54) is 19.2 Å². The van der Waals surface area contributed by atoms with Gasteiger partial charge in [-0.25, -0.2) is 4.39 Å². The summed E-state index contributed by atoms with van der Waals surface area (Å²) < 4.78 is 18.3. The lowest BCUT2D eigenvalue weighted by molar-refractivity contribution is -0.128. The fourth-order valence-corrected chi connectivity index (χ4v) is 1.76. The molecule has 0 fully saturated rings. The van der Waals surface area contributed by atoms with Gasteiger partial charge in [-0.3, -0.25) is 9.59 Å². The predicted octanol–water partition coefficient (Wildman–Crippen LogP) is 1.41. The Morgan fingerprint density at radius 3 is 2.67 bits per heavy atom. The van der Waals surface area contributed by atoms with E-state index >= 15 is 0 Å². The monoisotopic (exact) mass is 296 g/mol. The Balaban J connectivity index is 2.53. The molecule has 0 aliphatic heterocycles. The van der Waals surface area contributed by atoms with Crippen molar-refractivity contribution in [1.29, 1.82) is 0 Å². The van der Waals surface area contributed by atoms with Crippen LogP contribution >= 0.6 is 0 Å². The molecule has 0 radical (unpaired) electrons. The SMILES string of the molecule is CCCNC(=O)[C@@H](C)NC(=O)Cc1ccc(OC)c(F)c1. The summed E-state index contributed by atoms with van der Waals surface area (Å²) in [5, 5.41) is 5.28. The van der Waals surface area contributed by atoms with Crippen molar-refractivity contribution in [3.05, 3.63) is 29.6 Å². The summed E-state index contributed by atoms with van der Waals surface area (Å²) in [7, 11) is 1.38. The third kappa shape index (κ3) is 5.41. The molecule has 0 aliphatic carbocycles. The van der Waals surface area contributed by atoms with Gasteiger partial charge in [-0.2, -0.15) is 0 Å². The maximum absolute atomic E-state index is 13.5. The van der Waals surface area contributed by atoms with Gasteiger partial charge in [-0.15, -0.1) is 0 Å². The summed E-state index contributed by atoms with van der Waals surface area (Å²) in [6.07, 6.45) is 0.837. The molecule has 2 N–H and O–H groups in total. The molecule has 0 bridgehead atoms. The molecule has 0 saturated heterocycles. The van der Waals surface area contributed by atoms with Gasteiger partial charge in [0, 0.05) is 6.54 Å². The summed E-state index contributed by atoms with van der Waals surface area (Å²) in [5.41, 5.74) is 0.520. The second-order valence-corrected chi connectivity index (χ2v) is 4.73. The quantitative estimate of drug-likeness (QED) is 0.799. The summed E-state index contributed by atoms with van der Waals surface area (Å²) in [6, 6.07) is 3.71. The van der Waals surface area contributed by atoms with Gasteiger partial charge in [0.25, 0.3) is 0 Å². The number of nitrogens with one attached hydrogen (secondary N) is 2. The van der Waals surface area contributed by atoms with Gasteiger partial charge in [0.1, 0.15) is 6.04 Å². The lowest BCUT2D eigenvalue weighted by atomic mass is 10.1. The van der Waals surface area contributed by atoms with Crippen LogP contribution in [0.25, 0.3) is 0 Å². The molecule has 0 unspecified atom stereocenters. The number of methoxy groups -OCH3 is 1. The van der Waals surface area contributed by atoms with Crippen LogP contribution < -0.4 is 15.4 Å². The zero-order valence-electron chi connectivity index (χ0n) is 12.5. The van der Waals surface area contributed by atoms with Gasteiger partial charge < -0.3 is 15.4 Å². The van der Waals surface area contributed by atoms with Crippen LogP contribution in [-0.4, -0.2) is 31.5 Å². The van der Waals surface area contributed by atoms with Gasteiger partial charge in [0.05, 0.1) is 13.5 Å². The Morgan fingerprint density at radius 2 is 2.10 bits per heavy atom. The number of ether oxygens (including phenoxy) is 1. The smallest absolute Gasteiger partial charge is 0.242 e. The van der Waals surface area contributed by atoms with Crippen molar-refractivity contribution >= 4 is 11.8 Å². The Hall–Kier alpha value is -2.11. The van der Waals surface area contributed by atoms with Gasteiger partial charge in [0.2, 0.25) is 11.8 Å². The summed E-state index contributed by atoms with van der Waals surface area (Å²) >= 11 is 0. The summed E-state index contributed by atoms with van der Waals surface area (Å²) in [4.78, 5) is 23.4. The molecule has 0 aliphatic rings. The van der Waals surface area contributed by atoms with Gasteiger partial charge in [0.15, 0.2) is 11.6 Å². The Labute approximate surface area is 123 Å². The zero-order valence-corrected chi connectivity index (χ0v) is 12.5. The number of hydrogen-bond donors (Lipinski definition) is 2. The van der Waals surface area contributed by atoms with Crippen LogP contribution in [0.2, 0.25) is 0 Å². The molecular formula is C15H21FN2O3. The highest BCUT2D eigenvalue weighted by Crippen LogP contribution is 2.17. The molecule has 2 amide bonds. The van der Waals surface area contributed by atoms with E-state index in [4.69, 9.17) is 4.74 Å². The Bertz CT molecular complexity index is 506. The molecule has 1 aromatic rings. The van der Waals surface area contributed by atoms with E-state index in [1.54, 1.807) is 13.0 Å². The predicted molar refractivity (Wildman–Crippen MR) is 77.6 cm³/mol. The fourth-order valence-electron chi connectivity index (χ4n) is 1.76. The number of carbonyl (C=O) groups excluding carboxylic acids is 2. The van der Waals surface area contributed by atoms with Gasteiger partial charge in [-0.05, 0) is 31.0 Å². The van der Waals surface area contributed by atoms with E-state index in [0.29, 0.717) is 12.1 Å². The highest BCUT2D eigenvalue weighted by molar-refractivity contribution is 5.88. The fraction of sp³-hybridized carbons (Fsp3) is 0.467. The van der Waals surface area contributed by atoms with Crippen LogP contribution in [0.5, 0.6) is 5.75 Å². The number of hydrogen-bond acceptors (Lipinski definition) is 3. The average Bonchev–Trinajstić information content (AvgIpc) is 2.44. The molecule has 6 heteroatoms. The van der Waals surface area contributed by atoms with Crippen LogP contribution in [0, 0.1) is 5.82 Å². The van der Waals surface area contributed by atoms with E-state index in [2.05, 4.69) is 10.6 Å². The van der Waals surface area contributed by atoms with Crippen molar-refractivity contribution in [2.75, 3.05) is 13.7 Å². The molecule has 0 saturated carbocycles. The highest BCUT2D eigenvalue weighted by Gasteiger charge is 2.15. The maximum atomic E-state index is 13.5. The lowest BCUT2D eigenvalue weighted by Crippen LogP contribution is -2.45. The first-order chi connectivity index (χ1) is 9.97. The lowest BCUT2D eigenvalue weighted by Gasteiger charge is -2.14. The summed E-state index contributed by atoms with van der Waals surface area (Å²) in [5.74, 6) is -0.951. The van der Waals surface area contributed by atoms with E-state index in [-0.39, 0.29) is 24.0 Å². The first-order valence-corrected chi connectivity index (χ1v) is 6.87. The minimum atomic E-state index is -0.618. The van der Waals surface area contributed by atoms with Crippen LogP contribution in [-0.2, 0) is 16.0 Å². The first kappa shape index (κ1) is 16.9. The Morgan fingerprint density at radius 1 is 1.38 bits per heavy atom. The van der Waals surface area contributed by atoms with E-state index < -0.39 is 11.9 Å². The van der Waals surface area contributed by atoms with E-state index in [1.807, 2.05) is 6.92 Å². The molecule has 116 valence electrons. The van der Waals surface area contributed by atoms with Crippen molar-refractivity contribution in [1.82, 2.24) is 10.6 Å². The Kier molecular flexibility index (Phi) is 6.65. The number of benzene rings is 1. The normalized spacial score (nSPS) is 11.6. The maximum Gasteiger partial charge on any atom is 0.242 e. The third-order valence-electron chi connectivity index (χ3n) is 2.90. The number of carbonyl (C=O) groups is 2. The highest BCUT2D eigenvalue weighted by atomic mass is 19.1. The van der Waals surface area contributed by atoms with Crippen molar-refractivity contribution in [2.45, 2.75) is 32.7 Å². The largest absolute Gasteiger partial charge is 0.494 e. The van der Waals surface area contributed by atoms with E-state index in [9.17, 15) is 14.0 Å². The van der Waals surface area contributed by atoms with Gasteiger partial charge >= 0.3 is 0 Å². The topological polar surface area (TPSA) is 67.4 Å². The standard InChI is InChI=1S/C15H21FN2O3/c1-4-7-17-15(20)10(2)18-14(19)9-11-5-6-13(21-3)12(16)8-11/h5-6,8,10H,4,7,9H2,1-3H3,(H,17,20)(H,18,19)/t10-/m1/s1. The molecule has 0 heterocycles. The second kappa shape index (κ2) is 8.24. The van der Waals surface area contributed by atoms with Crippen LogP contribution in [0.1, 0.15) is 25.8 Å². The number of rotatable bonds is 7. The zero-order chi connectivity index (χ0) is 15.8. The number of halogens is 1. The van der Waals surface area contributed by atoms with Crippen molar-refractivity contribution < 1.29 is 18.7 Å². The van der Waals surface area contributed by atoms with Crippen LogP contribution in [0.4, 0.5) is 4.39 Å². The van der Waals surface area contributed by atoms with Crippen molar-refractivity contribution in [3.8, 4) is 5.75 Å². The van der Waals surface area contributed by atoms with E-state index in [0.717, 1.165) is 6.42 Å². The average molecular weight is 296 g/mol. The molecule has 1 atom stereocenters. The molecule has 21 heavy (non-hydrogen) atoms. The second-order valence-electron chi connectivity index (χ2n) is 4.73. The van der Waals surface area contributed by atoms with Crippen molar-refractivity contribution in [2.24, 2.45) is 0 Å². The molecule has 1 rings (SSSR count). The number of amides is 2. The van der Waals surface area contributed by atoms with Crippen LogP contribution in [0.15, 0.2) is 18.2 Å². The molecule has 0 spiro atoms. The van der Waals surface area contributed by atoms with Crippen molar-refractivity contribution in [3.63, 3.8) is 0 Å². The minimum Gasteiger partial charge on any atom is -0.494 e.